The van der Waals surface area contributed by atoms with Crippen LogP contribution in [0.2, 0.25) is 0 Å². The smallest absolute Gasteiger partial charge is 0.0562 e. The summed E-state index contributed by atoms with van der Waals surface area (Å²) in [7, 11) is 0. The first-order chi connectivity index (χ1) is 10.2. The van der Waals surface area contributed by atoms with Crippen LogP contribution >= 0.6 is 0 Å². The maximum Gasteiger partial charge on any atom is 0.0562 e. The van der Waals surface area contributed by atoms with Crippen molar-refractivity contribution in [1.82, 2.24) is 10.3 Å². The summed E-state index contributed by atoms with van der Waals surface area (Å²) >= 11 is 0. The maximum atomic E-state index is 4.47. The molecule has 0 aliphatic carbocycles. The van der Waals surface area contributed by atoms with Gasteiger partial charge in [0.2, 0.25) is 0 Å². The lowest BCUT2D eigenvalue weighted by molar-refractivity contribution is 0.581. The molecule has 1 aliphatic rings. The maximum absolute atomic E-state index is 4.47. The lowest BCUT2D eigenvalue weighted by Gasteiger charge is -2.31. The predicted octanol–water partition coefficient (Wildman–Crippen LogP) is 3.66. The summed E-state index contributed by atoms with van der Waals surface area (Å²) in [6, 6.07) is 13.5. The van der Waals surface area contributed by atoms with Gasteiger partial charge in [-0.1, -0.05) is 32.0 Å². The largest absolute Gasteiger partial charge is 0.341 e. The number of hydrogen-bond acceptors (Lipinski definition) is 3. The molecule has 0 saturated heterocycles. The van der Waals surface area contributed by atoms with E-state index in [1.54, 1.807) is 0 Å². The first-order valence-corrected chi connectivity index (χ1v) is 7.78. The molecule has 1 aromatic heterocycles. The average Bonchev–Trinajstić information content (AvgIpc) is 2.52. The minimum absolute atomic E-state index is 0.478. The Morgan fingerprint density at radius 3 is 2.95 bits per heavy atom. The Balaban J connectivity index is 1.86. The van der Waals surface area contributed by atoms with Crippen LogP contribution in [0, 0.1) is 0 Å². The lowest BCUT2D eigenvalue weighted by Crippen LogP contribution is -2.25. The van der Waals surface area contributed by atoms with Crippen molar-refractivity contribution in [2.24, 2.45) is 0 Å². The van der Waals surface area contributed by atoms with Crippen LogP contribution in [0.1, 0.15) is 31.5 Å². The highest BCUT2D eigenvalue weighted by Gasteiger charge is 2.17. The van der Waals surface area contributed by atoms with Crippen molar-refractivity contribution in [2.45, 2.75) is 39.3 Å². The normalized spacial score (nSPS) is 14.3. The van der Waals surface area contributed by atoms with Crippen LogP contribution < -0.4 is 10.2 Å². The number of anilines is 2. The van der Waals surface area contributed by atoms with E-state index < -0.39 is 0 Å². The van der Waals surface area contributed by atoms with Gasteiger partial charge in [-0.25, -0.2) is 0 Å². The molecule has 0 spiro atoms. The van der Waals surface area contributed by atoms with E-state index in [0.717, 1.165) is 18.8 Å². The fourth-order valence-corrected chi connectivity index (χ4v) is 2.84. The van der Waals surface area contributed by atoms with E-state index in [4.69, 9.17) is 0 Å². The van der Waals surface area contributed by atoms with Gasteiger partial charge in [0.05, 0.1) is 5.69 Å². The van der Waals surface area contributed by atoms with E-state index in [1.165, 1.54) is 29.8 Å². The van der Waals surface area contributed by atoms with Crippen LogP contribution in [-0.2, 0) is 13.0 Å². The highest BCUT2D eigenvalue weighted by molar-refractivity contribution is 5.67. The Morgan fingerprint density at radius 2 is 2.10 bits per heavy atom. The molecule has 0 saturated carbocycles. The highest BCUT2D eigenvalue weighted by Crippen LogP contribution is 2.33. The average molecular weight is 281 g/mol. The van der Waals surface area contributed by atoms with E-state index in [-0.39, 0.29) is 0 Å². The molecule has 21 heavy (non-hydrogen) atoms. The molecular formula is C18H23N3. The lowest BCUT2D eigenvalue weighted by atomic mass is 10.0. The molecule has 2 heterocycles. The van der Waals surface area contributed by atoms with E-state index in [9.17, 15) is 0 Å². The molecule has 0 bridgehead atoms. The van der Waals surface area contributed by atoms with E-state index in [2.05, 4.69) is 65.4 Å². The second-order valence-corrected chi connectivity index (χ2v) is 5.92. The minimum Gasteiger partial charge on any atom is -0.341 e. The third kappa shape index (κ3) is 3.24. The van der Waals surface area contributed by atoms with Crippen molar-refractivity contribution in [2.75, 3.05) is 11.4 Å². The van der Waals surface area contributed by atoms with E-state index >= 15 is 0 Å². The molecule has 0 unspecified atom stereocenters. The number of benzene rings is 1. The Kier molecular flexibility index (Phi) is 4.20. The summed E-state index contributed by atoms with van der Waals surface area (Å²) in [6.45, 7) is 6.22. The Bertz CT molecular complexity index is 607. The zero-order valence-corrected chi connectivity index (χ0v) is 12.8. The number of aromatic nitrogens is 1. The van der Waals surface area contributed by atoms with Crippen molar-refractivity contribution in [3.05, 3.63) is 53.9 Å². The summed E-state index contributed by atoms with van der Waals surface area (Å²) in [5, 5.41) is 3.43. The molecule has 3 heteroatoms. The number of para-hydroxylation sites is 1. The van der Waals surface area contributed by atoms with Crippen molar-refractivity contribution >= 4 is 11.4 Å². The van der Waals surface area contributed by atoms with Gasteiger partial charge >= 0.3 is 0 Å². The Hall–Kier alpha value is -1.87. The summed E-state index contributed by atoms with van der Waals surface area (Å²) in [5.74, 6) is 0. The number of aryl methyl sites for hydroxylation is 1. The van der Waals surface area contributed by atoms with Crippen LogP contribution in [0.4, 0.5) is 11.4 Å². The molecule has 2 aromatic rings. The van der Waals surface area contributed by atoms with Gasteiger partial charge in [-0.3, -0.25) is 4.98 Å². The van der Waals surface area contributed by atoms with Crippen LogP contribution in [0.15, 0.2) is 42.6 Å². The fourth-order valence-electron chi connectivity index (χ4n) is 2.84. The van der Waals surface area contributed by atoms with E-state index in [0.29, 0.717) is 6.04 Å². The van der Waals surface area contributed by atoms with Gasteiger partial charge in [0.1, 0.15) is 0 Å². The van der Waals surface area contributed by atoms with E-state index in [1.807, 2.05) is 6.20 Å². The molecule has 1 aliphatic heterocycles. The van der Waals surface area contributed by atoms with Crippen LogP contribution in [0.5, 0.6) is 0 Å². The number of rotatable bonds is 4. The molecule has 0 fully saturated rings. The molecule has 0 atom stereocenters. The molecule has 3 nitrogen and oxygen atoms in total. The van der Waals surface area contributed by atoms with Crippen molar-refractivity contribution < 1.29 is 0 Å². The monoisotopic (exact) mass is 281 g/mol. The number of nitrogens with one attached hydrogen (secondary N) is 1. The Labute approximate surface area is 127 Å². The fraction of sp³-hybridized carbons (Fsp3) is 0.389. The van der Waals surface area contributed by atoms with Crippen molar-refractivity contribution in [3.8, 4) is 0 Å². The first kappa shape index (κ1) is 14.1. The number of pyridine rings is 1. The van der Waals surface area contributed by atoms with Gasteiger partial charge in [-0.2, -0.15) is 0 Å². The molecular weight excluding hydrogens is 258 g/mol. The number of nitrogens with zero attached hydrogens (tertiary/aromatic N) is 2. The quantitative estimate of drug-likeness (QED) is 0.927. The second-order valence-electron chi connectivity index (χ2n) is 5.92. The molecule has 1 N–H and O–H groups in total. The summed E-state index contributed by atoms with van der Waals surface area (Å²) in [5.41, 5.74) is 5.14. The topological polar surface area (TPSA) is 28.2 Å². The van der Waals surface area contributed by atoms with Gasteiger partial charge in [0.25, 0.3) is 0 Å². The summed E-state index contributed by atoms with van der Waals surface area (Å²) < 4.78 is 0. The first-order valence-electron chi connectivity index (χ1n) is 7.78. The number of hydrogen-bond donors (Lipinski definition) is 1. The number of fused-ring (bicyclic) bond motifs is 1. The second kappa shape index (κ2) is 6.27. The van der Waals surface area contributed by atoms with Crippen LogP contribution in [0.3, 0.4) is 0 Å². The Morgan fingerprint density at radius 1 is 1.24 bits per heavy atom. The molecule has 110 valence electrons. The highest BCUT2D eigenvalue weighted by atomic mass is 15.1. The SMILES string of the molecule is CC(C)NCc1cc(N2CCCc3ccccc32)ccn1. The molecule has 3 rings (SSSR count). The van der Waals surface area contributed by atoms with Crippen molar-refractivity contribution in [3.63, 3.8) is 0 Å². The zero-order valence-electron chi connectivity index (χ0n) is 12.8. The van der Waals surface area contributed by atoms with Gasteiger partial charge in [-0.15, -0.1) is 0 Å². The van der Waals surface area contributed by atoms with Gasteiger partial charge in [0, 0.05) is 36.7 Å². The predicted molar refractivity (Wildman–Crippen MR) is 88.0 cm³/mol. The standard InChI is InChI=1S/C18H23N3/c1-14(2)20-13-16-12-17(9-10-19-16)21-11-5-7-15-6-3-4-8-18(15)21/h3-4,6,8-10,12,14,20H,5,7,11,13H2,1-2H3. The molecule has 0 amide bonds. The third-order valence-electron chi connectivity index (χ3n) is 3.91. The zero-order chi connectivity index (χ0) is 14.7. The van der Waals surface area contributed by atoms with Crippen molar-refractivity contribution in [1.29, 1.82) is 0 Å². The summed E-state index contributed by atoms with van der Waals surface area (Å²) in [4.78, 5) is 6.89. The van der Waals surface area contributed by atoms with Gasteiger partial charge in [0.15, 0.2) is 0 Å². The molecule has 0 radical (unpaired) electrons. The van der Waals surface area contributed by atoms with Gasteiger partial charge in [-0.05, 0) is 36.6 Å². The minimum atomic E-state index is 0.478. The molecule has 1 aromatic carbocycles. The van der Waals surface area contributed by atoms with Gasteiger partial charge < -0.3 is 10.2 Å². The van der Waals surface area contributed by atoms with Crippen LogP contribution in [-0.4, -0.2) is 17.6 Å². The van der Waals surface area contributed by atoms with Crippen LogP contribution in [0.25, 0.3) is 0 Å². The third-order valence-corrected chi connectivity index (χ3v) is 3.91. The summed E-state index contributed by atoms with van der Waals surface area (Å²) in [6.07, 6.45) is 4.31.